The van der Waals surface area contributed by atoms with E-state index in [1.54, 1.807) is 0 Å². The lowest BCUT2D eigenvalue weighted by molar-refractivity contribution is -0.116. The van der Waals surface area contributed by atoms with Crippen LogP contribution in [-0.2, 0) is 9.53 Å². The van der Waals surface area contributed by atoms with Crippen molar-refractivity contribution in [1.29, 1.82) is 0 Å². The summed E-state index contributed by atoms with van der Waals surface area (Å²) in [5.74, 6) is -2.11. The van der Waals surface area contributed by atoms with Gasteiger partial charge < -0.3 is 15.2 Å². The lowest BCUT2D eigenvalue weighted by atomic mass is 10.1. The lowest BCUT2D eigenvalue weighted by Gasteiger charge is -2.08. The van der Waals surface area contributed by atoms with Crippen LogP contribution in [0.2, 0.25) is 0 Å². The minimum absolute atomic E-state index is 0.0571. The molecule has 0 aliphatic heterocycles. The van der Waals surface area contributed by atoms with Crippen molar-refractivity contribution in [2.75, 3.05) is 12.4 Å². The first-order valence-corrected chi connectivity index (χ1v) is 7.40. The number of anilines is 1. The molecule has 0 aliphatic rings. The number of carbonyl (C=O) groups is 3. The second-order valence-corrected chi connectivity index (χ2v) is 5.20. The molecule has 2 rings (SSSR count). The Kier molecular flexibility index (Phi) is 5.84. The van der Waals surface area contributed by atoms with E-state index in [4.69, 9.17) is 0 Å². The summed E-state index contributed by atoms with van der Waals surface area (Å²) in [5.41, 5.74) is 0.579. The van der Waals surface area contributed by atoms with Crippen molar-refractivity contribution in [3.63, 3.8) is 0 Å². The second kappa shape index (κ2) is 8.05. The van der Waals surface area contributed by atoms with E-state index in [-0.39, 0.29) is 35.6 Å². The number of hydrogen-bond acceptors (Lipinski definition) is 5. The van der Waals surface area contributed by atoms with E-state index in [0.717, 1.165) is 0 Å². The van der Waals surface area contributed by atoms with Gasteiger partial charge in [0.25, 0.3) is 0 Å². The van der Waals surface area contributed by atoms with Gasteiger partial charge in [0.1, 0.15) is 11.6 Å². The molecule has 0 bridgehead atoms. The highest BCUT2D eigenvalue weighted by molar-refractivity contribution is 6.00. The highest BCUT2D eigenvalue weighted by atomic mass is 19.1. The average Bonchev–Trinajstić information content (AvgIpc) is 2.61. The Labute approximate surface area is 143 Å². The number of amides is 1. The van der Waals surface area contributed by atoms with Crippen LogP contribution in [-0.4, -0.2) is 29.9 Å². The number of esters is 1. The summed E-state index contributed by atoms with van der Waals surface area (Å²) in [4.78, 5) is 35.2. The largest absolute Gasteiger partial charge is 0.506 e. The maximum atomic E-state index is 12.8. The number of phenolic OH excluding ortho intramolecular Hbond substituents is 1. The topological polar surface area (TPSA) is 92.7 Å². The molecule has 2 N–H and O–H groups in total. The Hall–Kier alpha value is -3.22. The van der Waals surface area contributed by atoms with Crippen LogP contribution in [0, 0.1) is 5.82 Å². The second-order valence-electron chi connectivity index (χ2n) is 5.20. The summed E-state index contributed by atoms with van der Waals surface area (Å²) in [6, 6.07) is 8.99. The lowest BCUT2D eigenvalue weighted by Crippen LogP contribution is -2.14. The zero-order valence-corrected chi connectivity index (χ0v) is 13.4. The number of benzene rings is 2. The summed E-state index contributed by atoms with van der Waals surface area (Å²) in [6.07, 6.45) is -0.160. The van der Waals surface area contributed by atoms with E-state index in [0.29, 0.717) is 5.56 Å². The zero-order chi connectivity index (χ0) is 18.4. The van der Waals surface area contributed by atoms with Crippen molar-refractivity contribution in [3.8, 4) is 5.75 Å². The number of phenols is 1. The maximum absolute atomic E-state index is 12.8. The molecule has 6 nitrogen and oxygen atoms in total. The quantitative estimate of drug-likeness (QED) is 0.477. The number of aromatic hydroxyl groups is 1. The van der Waals surface area contributed by atoms with E-state index >= 15 is 0 Å². The molecule has 7 heteroatoms. The van der Waals surface area contributed by atoms with E-state index in [9.17, 15) is 23.9 Å². The van der Waals surface area contributed by atoms with Crippen LogP contribution >= 0.6 is 0 Å². The molecule has 2 aromatic carbocycles. The van der Waals surface area contributed by atoms with Crippen LogP contribution in [0.4, 0.5) is 10.1 Å². The molecule has 25 heavy (non-hydrogen) atoms. The predicted octanol–water partition coefficient (Wildman–Crippen LogP) is 2.92. The smallest absolute Gasteiger partial charge is 0.337 e. The molecular weight excluding hydrogens is 329 g/mol. The number of hydrogen-bond donors (Lipinski definition) is 2. The number of ether oxygens (including phenoxy) is 1. The first-order valence-electron chi connectivity index (χ1n) is 7.40. The molecule has 0 aliphatic carbocycles. The Morgan fingerprint density at radius 1 is 1.04 bits per heavy atom. The minimum Gasteiger partial charge on any atom is -0.506 e. The first kappa shape index (κ1) is 18.1. The molecule has 1 amide bonds. The molecule has 0 heterocycles. The minimum atomic E-state index is -0.613. The Morgan fingerprint density at radius 2 is 1.68 bits per heavy atom. The summed E-state index contributed by atoms with van der Waals surface area (Å²) < 4.78 is 17.3. The average molecular weight is 345 g/mol. The Morgan fingerprint density at radius 3 is 2.28 bits per heavy atom. The van der Waals surface area contributed by atoms with Crippen molar-refractivity contribution in [2.24, 2.45) is 0 Å². The molecule has 0 saturated carbocycles. The molecule has 0 aromatic heterocycles. The molecule has 0 saturated heterocycles. The maximum Gasteiger partial charge on any atom is 0.337 e. The van der Waals surface area contributed by atoms with Gasteiger partial charge in [-0.1, -0.05) is 0 Å². The molecule has 0 unspecified atom stereocenters. The monoisotopic (exact) mass is 345 g/mol. The number of Topliss-reactive ketones (excluding diaryl/α,β-unsaturated/α-hetero) is 1. The van der Waals surface area contributed by atoms with Crippen molar-refractivity contribution in [2.45, 2.75) is 12.8 Å². The SMILES string of the molecule is COC(=O)c1ccc(NC(=O)CCC(=O)c2ccc(F)cc2)c(O)c1. The van der Waals surface area contributed by atoms with E-state index in [1.165, 1.54) is 49.6 Å². The van der Waals surface area contributed by atoms with Crippen LogP contribution < -0.4 is 5.32 Å². The molecule has 0 spiro atoms. The Balaban J connectivity index is 1.93. The fourth-order valence-corrected chi connectivity index (χ4v) is 2.10. The normalized spacial score (nSPS) is 10.2. The first-order chi connectivity index (χ1) is 11.9. The number of rotatable bonds is 6. The summed E-state index contributed by atoms with van der Waals surface area (Å²) >= 11 is 0. The fourth-order valence-electron chi connectivity index (χ4n) is 2.10. The van der Waals surface area contributed by atoms with E-state index in [1.807, 2.05) is 0 Å². The predicted molar refractivity (Wildman–Crippen MR) is 88.0 cm³/mol. The molecule has 2 aromatic rings. The van der Waals surface area contributed by atoms with E-state index in [2.05, 4.69) is 10.1 Å². The van der Waals surface area contributed by atoms with Gasteiger partial charge in [-0.05, 0) is 42.5 Å². The number of ketones is 1. The van der Waals surface area contributed by atoms with Gasteiger partial charge in [0.2, 0.25) is 5.91 Å². The zero-order valence-electron chi connectivity index (χ0n) is 13.4. The number of methoxy groups -OCH3 is 1. The van der Waals surface area contributed by atoms with Gasteiger partial charge in [0.05, 0.1) is 18.4 Å². The van der Waals surface area contributed by atoms with Crippen LogP contribution in [0.5, 0.6) is 5.75 Å². The summed E-state index contributed by atoms with van der Waals surface area (Å²) in [7, 11) is 1.22. The standard InChI is InChI=1S/C18H16FNO5/c1-25-18(24)12-4-7-14(16(22)10-12)20-17(23)9-8-15(21)11-2-5-13(19)6-3-11/h2-7,10,22H,8-9H2,1H3,(H,20,23). The van der Waals surface area contributed by atoms with Gasteiger partial charge in [0.15, 0.2) is 5.78 Å². The third kappa shape index (κ3) is 4.87. The Bertz CT molecular complexity index is 802. The molecule has 0 fully saturated rings. The summed E-state index contributed by atoms with van der Waals surface area (Å²) in [6.45, 7) is 0. The van der Waals surface area contributed by atoms with Crippen LogP contribution in [0.15, 0.2) is 42.5 Å². The summed E-state index contributed by atoms with van der Waals surface area (Å²) in [5, 5.41) is 12.3. The molecule has 0 atom stereocenters. The number of carbonyl (C=O) groups excluding carboxylic acids is 3. The van der Waals surface area contributed by atoms with Gasteiger partial charge in [-0.2, -0.15) is 0 Å². The van der Waals surface area contributed by atoms with Crippen molar-refractivity contribution in [3.05, 3.63) is 59.4 Å². The number of nitrogens with one attached hydrogen (secondary N) is 1. The third-order valence-corrected chi connectivity index (χ3v) is 3.44. The third-order valence-electron chi connectivity index (χ3n) is 3.44. The van der Waals surface area contributed by atoms with Crippen molar-refractivity contribution >= 4 is 23.3 Å². The van der Waals surface area contributed by atoms with Gasteiger partial charge in [-0.3, -0.25) is 9.59 Å². The van der Waals surface area contributed by atoms with Crippen LogP contribution in [0.25, 0.3) is 0 Å². The van der Waals surface area contributed by atoms with Crippen LogP contribution in [0.3, 0.4) is 0 Å². The van der Waals surface area contributed by atoms with Crippen molar-refractivity contribution in [1.82, 2.24) is 0 Å². The van der Waals surface area contributed by atoms with E-state index < -0.39 is 17.7 Å². The van der Waals surface area contributed by atoms with Gasteiger partial charge in [-0.15, -0.1) is 0 Å². The molecule has 0 radical (unpaired) electrons. The van der Waals surface area contributed by atoms with Crippen LogP contribution in [0.1, 0.15) is 33.6 Å². The highest BCUT2D eigenvalue weighted by Crippen LogP contribution is 2.25. The van der Waals surface area contributed by atoms with Crippen molar-refractivity contribution < 1.29 is 28.6 Å². The highest BCUT2D eigenvalue weighted by Gasteiger charge is 2.13. The van der Waals surface area contributed by atoms with Gasteiger partial charge >= 0.3 is 5.97 Å². The fraction of sp³-hybridized carbons (Fsp3) is 0.167. The van der Waals surface area contributed by atoms with Gasteiger partial charge in [-0.25, -0.2) is 9.18 Å². The molecule has 130 valence electrons. The van der Waals surface area contributed by atoms with Gasteiger partial charge in [0, 0.05) is 18.4 Å². The molecular formula is C18H16FNO5. The number of halogens is 1.